The highest BCUT2D eigenvalue weighted by atomic mass is 16.3. The van der Waals surface area contributed by atoms with Crippen LogP contribution in [0.3, 0.4) is 0 Å². The molecule has 0 atom stereocenters. The van der Waals surface area contributed by atoms with E-state index >= 15 is 0 Å². The van der Waals surface area contributed by atoms with Crippen LogP contribution in [0.5, 0.6) is 0 Å². The minimum absolute atomic E-state index is 0.0631. The average molecular weight is 235 g/mol. The number of aromatic nitrogens is 1. The first-order valence-corrected chi connectivity index (χ1v) is 6.26. The minimum Gasteiger partial charge on any atom is -0.392 e. The van der Waals surface area contributed by atoms with Gasteiger partial charge in [0.05, 0.1) is 6.61 Å². The van der Waals surface area contributed by atoms with Gasteiger partial charge in [-0.2, -0.15) is 0 Å². The van der Waals surface area contributed by atoms with Crippen LogP contribution in [-0.2, 0) is 6.61 Å². The lowest BCUT2D eigenvalue weighted by Gasteiger charge is -2.38. The number of anilines is 1. The molecule has 0 aliphatic carbocycles. The Balaban J connectivity index is 2.05. The van der Waals surface area contributed by atoms with Crippen LogP contribution in [0.1, 0.15) is 19.4 Å². The van der Waals surface area contributed by atoms with Crippen LogP contribution in [0.15, 0.2) is 18.3 Å². The van der Waals surface area contributed by atoms with E-state index in [1.165, 1.54) is 0 Å². The summed E-state index contributed by atoms with van der Waals surface area (Å²) in [5.74, 6) is 0.943. The van der Waals surface area contributed by atoms with Crippen LogP contribution in [0.25, 0.3) is 0 Å². The lowest BCUT2D eigenvalue weighted by Crippen LogP contribution is -2.49. The van der Waals surface area contributed by atoms with E-state index in [-0.39, 0.29) is 6.61 Å². The van der Waals surface area contributed by atoms with Crippen LogP contribution in [-0.4, -0.2) is 47.2 Å². The predicted molar refractivity (Wildman–Crippen MR) is 69.1 cm³/mol. The van der Waals surface area contributed by atoms with E-state index in [4.69, 9.17) is 0 Å². The van der Waals surface area contributed by atoms with E-state index in [1.807, 2.05) is 12.1 Å². The van der Waals surface area contributed by atoms with Crippen molar-refractivity contribution in [2.24, 2.45) is 0 Å². The molecule has 1 fully saturated rings. The molecule has 0 spiro atoms. The number of nitrogens with zero attached hydrogens (tertiary/aromatic N) is 3. The van der Waals surface area contributed by atoms with Crippen LogP contribution in [0.2, 0.25) is 0 Å². The largest absolute Gasteiger partial charge is 0.392 e. The molecule has 1 N–H and O–H groups in total. The predicted octanol–water partition coefficient (Wildman–Crippen LogP) is 1.10. The van der Waals surface area contributed by atoms with Crippen molar-refractivity contribution >= 4 is 5.82 Å². The molecule has 0 saturated carbocycles. The van der Waals surface area contributed by atoms with Gasteiger partial charge in [0.25, 0.3) is 0 Å². The Morgan fingerprint density at radius 3 is 2.59 bits per heavy atom. The molecule has 1 aliphatic heterocycles. The zero-order valence-corrected chi connectivity index (χ0v) is 10.6. The third kappa shape index (κ3) is 2.76. The zero-order valence-electron chi connectivity index (χ0n) is 10.6. The Morgan fingerprint density at radius 1 is 1.29 bits per heavy atom. The Bertz CT molecular complexity index is 359. The molecule has 0 unspecified atom stereocenters. The maximum absolute atomic E-state index is 9.31. The third-order valence-electron chi connectivity index (χ3n) is 3.38. The normalized spacial score (nSPS) is 17.8. The number of rotatable bonds is 3. The molecule has 0 bridgehead atoms. The minimum atomic E-state index is 0.0631. The smallest absolute Gasteiger partial charge is 0.134 e. The van der Waals surface area contributed by atoms with Crippen LogP contribution in [0, 0.1) is 0 Å². The number of pyridine rings is 1. The molecule has 1 saturated heterocycles. The van der Waals surface area contributed by atoms with Gasteiger partial charge in [0.1, 0.15) is 5.82 Å². The Hall–Kier alpha value is -1.13. The highest BCUT2D eigenvalue weighted by Crippen LogP contribution is 2.19. The lowest BCUT2D eigenvalue weighted by atomic mass is 10.2. The van der Waals surface area contributed by atoms with Crippen LogP contribution >= 0.6 is 0 Å². The van der Waals surface area contributed by atoms with Gasteiger partial charge in [-0.1, -0.05) is 6.07 Å². The molecule has 0 aromatic carbocycles. The van der Waals surface area contributed by atoms with E-state index in [1.54, 1.807) is 6.20 Å². The van der Waals surface area contributed by atoms with Crippen molar-refractivity contribution in [3.8, 4) is 0 Å². The van der Waals surface area contributed by atoms with Gasteiger partial charge in [0, 0.05) is 44.0 Å². The summed E-state index contributed by atoms with van der Waals surface area (Å²) >= 11 is 0. The fraction of sp³-hybridized carbons (Fsp3) is 0.615. The van der Waals surface area contributed by atoms with Gasteiger partial charge in [0.2, 0.25) is 0 Å². The molecule has 1 aromatic heterocycles. The van der Waals surface area contributed by atoms with Crippen molar-refractivity contribution in [1.29, 1.82) is 0 Å². The summed E-state index contributed by atoms with van der Waals surface area (Å²) in [6.45, 7) is 8.64. The van der Waals surface area contributed by atoms with Gasteiger partial charge in [0.15, 0.2) is 0 Å². The standard InChI is InChI=1S/C13H21N3O/c1-11(2)15-6-8-16(9-7-15)13-12(10-17)4-3-5-14-13/h3-5,11,17H,6-10H2,1-2H3. The SMILES string of the molecule is CC(C)N1CCN(c2ncccc2CO)CC1. The van der Waals surface area contributed by atoms with Crippen molar-refractivity contribution in [1.82, 2.24) is 9.88 Å². The molecule has 4 heteroatoms. The Morgan fingerprint density at radius 2 is 2.00 bits per heavy atom. The fourth-order valence-electron chi connectivity index (χ4n) is 2.29. The van der Waals surface area contributed by atoms with E-state index in [0.29, 0.717) is 6.04 Å². The molecular formula is C13H21N3O. The maximum atomic E-state index is 9.31. The molecule has 0 radical (unpaired) electrons. The molecule has 17 heavy (non-hydrogen) atoms. The summed E-state index contributed by atoms with van der Waals surface area (Å²) in [5, 5.41) is 9.31. The first-order chi connectivity index (χ1) is 8.22. The van der Waals surface area contributed by atoms with Gasteiger partial charge < -0.3 is 10.0 Å². The van der Waals surface area contributed by atoms with Gasteiger partial charge in [-0.05, 0) is 19.9 Å². The molecular weight excluding hydrogens is 214 g/mol. The van der Waals surface area contributed by atoms with E-state index in [9.17, 15) is 5.11 Å². The second-order valence-electron chi connectivity index (χ2n) is 4.76. The quantitative estimate of drug-likeness (QED) is 0.852. The topological polar surface area (TPSA) is 39.6 Å². The molecule has 1 aliphatic rings. The summed E-state index contributed by atoms with van der Waals surface area (Å²) in [4.78, 5) is 9.13. The third-order valence-corrected chi connectivity index (χ3v) is 3.38. The number of piperazine rings is 1. The van der Waals surface area contributed by atoms with Gasteiger partial charge in [-0.15, -0.1) is 0 Å². The first kappa shape index (κ1) is 12.3. The average Bonchev–Trinajstić information content (AvgIpc) is 2.39. The van der Waals surface area contributed by atoms with Crippen molar-refractivity contribution in [3.05, 3.63) is 23.9 Å². The van der Waals surface area contributed by atoms with Crippen LogP contribution < -0.4 is 4.90 Å². The van der Waals surface area contributed by atoms with Crippen LogP contribution in [0.4, 0.5) is 5.82 Å². The first-order valence-electron chi connectivity index (χ1n) is 6.26. The van der Waals surface area contributed by atoms with Crippen molar-refractivity contribution in [2.45, 2.75) is 26.5 Å². The molecule has 4 nitrogen and oxygen atoms in total. The molecule has 2 heterocycles. The molecule has 0 amide bonds. The molecule has 2 rings (SSSR count). The molecule has 1 aromatic rings. The Kier molecular flexibility index (Phi) is 3.97. The summed E-state index contributed by atoms with van der Waals surface area (Å²) in [6, 6.07) is 4.43. The monoisotopic (exact) mass is 235 g/mol. The van der Waals surface area contributed by atoms with Crippen molar-refractivity contribution < 1.29 is 5.11 Å². The number of hydrogen-bond donors (Lipinski definition) is 1. The maximum Gasteiger partial charge on any atom is 0.134 e. The highest BCUT2D eigenvalue weighted by molar-refractivity contribution is 5.46. The summed E-state index contributed by atoms with van der Waals surface area (Å²) in [5.41, 5.74) is 0.922. The fourth-order valence-corrected chi connectivity index (χ4v) is 2.29. The molecule has 94 valence electrons. The number of aliphatic hydroxyl groups excluding tert-OH is 1. The van der Waals surface area contributed by atoms with E-state index in [0.717, 1.165) is 37.6 Å². The van der Waals surface area contributed by atoms with Crippen molar-refractivity contribution in [2.75, 3.05) is 31.1 Å². The summed E-state index contributed by atoms with van der Waals surface area (Å²) in [6.07, 6.45) is 1.79. The zero-order chi connectivity index (χ0) is 12.3. The van der Waals surface area contributed by atoms with Gasteiger partial charge in [-0.3, -0.25) is 4.90 Å². The second kappa shape index (κ2) is 5.47. The second-order valence-corrected chi connectivity index (χ2v) is 4.76. The number of hydrogen-bond acceptors (Lipinski definition) is 4. The number of aliphatic hydroxyl groups is 1. The van der Waals surface area contributed by atoms with E-state index < -0.39 is 0 Å². The summed E-state index contributed by atoms with van der Waals surface area (Å²) in [7, 11) is 0. The highest BCUT2D eigenvalue weighted by Gasteiger charge is 2.20. The van der Waals surface area contributed by atoms with E-state index in [2.05, 4.69) is 28.6 Å². The summed E-state index contributed by atoms with van der Waals surface area (Å²) < 4.78 is 0. The Labute approximate surface area is 103 Å². The van der Waals surface area contributed by atoms with Gasteiger partial charge >= 0.3 is 0 Å². The van der Waals surface area contributed by atoms with Crippen molar-refractivity contribution in [3.63, 3.8) is 0 Å². The van der Waals surface area contributed by atoms with Gasteiger partial charge in [-0.25, -0.2) is 4.98 Å². The lowest BCUT2D eigenvalue weighted by molar-refractivity contribution is 0.208.